The monoisotopic (exact) mass is 312 g/mol. The highest BCUT2D eigenvalue weighted by molar-refractivity contribution is 5.96. The number of hydrogen-bond donors (Lipinski definition) is 1. The van der Waals surface area contributed by atoms with E-state index >= 15 is 0 Å². The van der Waals surface area contributed by atoms with Gasteiger partial charge in [-0.05, 0) is 44.0 Å². The summed E-state index contributed by atoms with van der Waals surface area (Å²) in [6.07, 6.45) is 3.46. The zero-order valence-corrected chi connectivity index (χ0v) is 13.4. The van der Waals surface area contributed by atoms with E-state index < -0.39 is 0 Å². The molecule has 122 valence electrons. The Hall–Kier alpha value is -1.90. The van der Waals surface area contributed by atoms with Crippen LogP contribution in [0.5, 0.6) is 0 Å². The third-order valence-electron chi connectivity index (χ3n) is 4.99. The lowest BCUT2D eigenvalue weighted by Gasteiger charge is -2.41. The van der Waals surface area contributed by atoms with E-state index in [1.165, 1.54) is 0 Å². The fraction of sp³-hybridized carbons (Fsp3) is 0.556. The Morgan fingerprint density at radius 3 is 2.61 bits per heavy atom. The number of carbonyl (C=O) groups is 1. The van der Waals surface area contributed by atoms with E-state index in [2.05, 4.69) is 15.9 Å². The van der Waals surface area contributed by atoms with Crippen LogP contribution in [-0.2, 0) is 6.42 Å². The highest BCUT2D eigenvalue weighted by atomic mass is 16.2. The van der Waals surface area contributed by atoms with Gasteiger partial charge in [-0.15, -0.1) is 0 Å². The molecule has 5 nitrogen and oxygen atoms in total. The van der Waals surface area contributed by atoms with Gasteiger partial charge in [0, 0.05) is 30.7 Å². The van der Waals surface area contributed by atoms with Crippen molar-refractivity contribution in [1.82, 2.24) is 9.80 Å². The van der Waals surface area contributed by atoms with E-state index in [0.717, 1.165) is 51.0 Å². The van der Waals surface area contributed by atoms with Gasteiger partial charge in [0.15, 0.2) is 0 Å². The fourth-order valence-corrected chi connectivity index (χ4v) is 3.93. The van der Waals surface area contributed by atoms with E-state index in [0.29, 0.717) is 17.6 Å². The molecule has 0 radical (unpaired) electrons. The van der Waals surface area contributed by atoms with Gasteiger partial charge in [-0.1, -0.05) is 18.2 Å². The van der Waals surface area contributed by atoms with Crippen molar-refractivity contribution >= 4 is 5.91 Å². The molecule has 2 bridgehead atoms. The molecule has 2 saturated heterocycles. The molecule has 2 fully saturated rings. The normalized spacial score (nSPS) is 23.7. The number of fused-ring (bicyclic) bond motifs is 2. The molecular formula is C18H24N4O. The lowest BCUT2D eigenvalue weighted by Crippen LogP contribution is -2.56. The van der Waals surface area contributed by atoms with Crippen molar-refractivity contribution in [1.29, 1.82) is 5.26 Å². The van der Waals surface area contributed by atoms with Crippen molar-refractivity contribution in [3.63, 3.8) is 0 Å². The average molecular weight is 312 g/mol. The van der Waals surface area contributed by atoms with Crippen LogP contribution in [0.2, 0.25) is 0 Å². The molecule has 1 aromatic rings. The van der Waals surface area contributed by atoms with Crippen LogP contribution in [-0.4, -0.2) is 54.0 Å². The lowest BCUT2D eigenvalue weighted by molar-refractivity contribution is 0.0420. The molecule has 0 saturated carbocycles. The van der Waals surface area contributed by atoms with Gasteiger partial charge in [0.2, 0.25) is 0 Å². The molecule has 1 aromatic carbocycles. The molecule has 2 atom stereocenters. The third kappa shape index (κ3) is 3.24. The predicted molar refractivity (Wildman–Crippen MR) is 88.8 cm³/mol. The van der Waals surface area contributed by atoms with Crippen molar-refractivity contribution < 1.29 is 4.79 Å². The molecule has 0 aliphatic carbocycles. The highest BCUT2D eigenvalue weighted by Crippen LogP contribution is 2.32. The minimum absolute atomic E-state index is 0.0989. The van der Waals surface area contributed by atoms with Crippen molar-refractivity contribution in [3.05, 3.63) is 35.4 Å². The molecule has 2 N–H and O–H groups in total. The summed E-state index contributed by atoms with van der Waals surface area (Å²) in [6.45, 7) is 3.64. The van der Waals surface area contributed by atoms with Gasteiger partial charge in [-0.25, -0.2) is 0 Å². The zero-order valence-electron chi connectivity index (χ0n) is 13.4. The lowest BCUT2D eigenvalue weighted by atomic mass is 10.0. The average Bonchev–Trinajstić information content (AvgIpc) is 2.83. The Morgan fingerprint density at radius 2 is 1.96 bits per heavy atom. The Kier molecular flexibility index (Phi) is 4.94. The Balaban J connectivity index is 1.76. The van der Waals surface area contributed by atoms with Crippen LogP contribution in [0.1, 0.15) is 35.2 Å². The molecule has 0 spiro atoms. The molecule has 0 aromatic heterocycles. The summed E-state index contributed by atoms with van der Waals surface area (Å²) in [5, 5.41) is 8.98. The van der Waals surface area contributed by atoms with Gasteiger partial charge in [-0.2, -0.15) is 5.26 Å². The first-order chi connectivity index (χ1) is 11.2. The topological polar surface area (TPSA) is 73.4 Å². The van der Waals surface area contributed by atoms with Gasteiger partial charge < -0.3 is 10.6 Å². The maximum absolute atomic E-state index is 13.1. The summed E-state index contributed by atoms with van der Waals surface area (Å²) in [5.41, 5.74) is 7.14. The Morgan fingerprint density at radius 1 is 1.26 bits per heavy atom. The second-order valence-corrected chi connectivity index (χ2v) is 6.49. The first kappa shape index (κ1) is 16.0. The summed E-state index contributed by atoms with van der Waals surface area (Å²) < 4.78 is 0. The van der Waals surface area contributed by atoms with Gasteiger partial charge in [0.05, 0.1) is 12.5 Å². The van der Waals surface area contributed by atoms with Crippen LogP contribution in [0.25, 0.3) is 0 Å². The second kappa shape index (κ2) is 7.12. The van der Waals surface area contributed by atoms with Gasteiger partial charge in [0.25, 0.3) is 5.91 Å². The minimum Gasteiger partial charge on any atom is -0.330 e. The summed E-state index contributed by atoms with van der Waals surface area (Å²) in [5.74, 6) is 0.0989. The molecule has 5 heteroatoms. The zero-order chi connectivity index (χ0) is 16.2. The van der Waals surface area contributed by atoms with Crippen LogP contribution >= 0.6 is 0 Å². The van der Waals surface area contributed by atoms with Crippen molar-refractivity contribution in [3.8, 4) is 6.07 Å². The van der Waals surface area contributed by atoms with Gasteiger partial charge in [0.1, 0.15) is 0 Å². The van der Waals surface area contributed by atoms with E-state index in [9.17, 15) is 4.79 Å². The number of amides is 1. The molecule has 2 unspecified atom stereocenters. The van der Waals surface area contributed by atoms with Crippen LogP contribution in [0.3, 0.4) is 0 Å². The smallest absolute Gasteiger partial charge is 0.254 e. The Labute approximate surface area is 137 Å². The molecular weight excluding hydrogens is 288 g/mol. The molecule has 2 aliphatic rings. The highest BCUT2D eigenvalue weighted by Gasteiger charge is 2.42. The van der Waals surface area contributed by atoms with E-state index in [4.69, 9.17) is 11.0 Å². The fourth-order valence-electron chi connectivity index (χ4n) is 3.93. The van der Waals surface area contributed by atoms with Crippen molar-refractivity contribution in [2.75, 3.05) is 26.2 Å². The number of hydrogen-bond acceptors (Lipinski definition) is 4. The molecule has 3 rings (SSSR count). The number of carbonyl (C=O) groups excluding carboxylic acids is 1. The minimum atomic E-state index is 0.0989. The van der Waals surface area contributed by atoms with Crippen molar-refractivity contribution in [2.45, 2.75) is 37.8 Å². The maximum Gasteiger partial charge on any atom is 0.254 e. The predicted octanol–water partition coefficient (Wildman–Crippen LogP) is 1.39. The largest absolute Gasteiger partial charge is 0.330 e. The van der Waals surface area contributed by atoms with Crippen LogP contribution in [0, 0.1) is 11.3 Å². The number of rotatable bonds is 5. The van der Waals surface area contributed by atoms with Gasteiger partial charge in [-0.3, -0.25) is 9.69 Å². The number of nitriles is 1. The summed E-state index contributed by atoms with van der Waals surface area (Å²) in [4.78, 5) is 17.6. The number of piperazine rings is 1. The summed E-state index contributed by atoms with van der Waals surface area (Å²) in [6, 6.07) is 10.3. The van der Waals surface area contributed by atoms with Crippen molar-refractivity contribution in [2.24, 2.45) is 5.73 Å². The number of likely N-dealkylation sites (tertiary alicyclic amines) is 1. The second-order valence-electron chi connectivity index (χ2n) is 6.49. The number of nitrogens with zero attached hydrogens (tertiary/aromatic N) is 3. The summed E-state index contributed by atoms with van der Waals surface area (Å²) in [7, 11) is 0. The van der Waals surface area contributed by atoms with Crippen LogP contribution in [0.15, 0.2) is 24.3 Å². The quantitative estimate of drug-likeness (QED) is 0.891. The van der Waals surface area contributed by atoms with E-state index in [1.54, 1.807) is 0 Å². The third-order valence-corrected chi connectivity index (χ3v) is 4.99. The number of nitrogens with two attached hydrogens (primary N) is 1. The summed E-state index contributed by atoms with van der Waals surface area (Å²) >= 11 is 0. The first-order valence-corrected chi connectivity index (χ1v) is 8.44. The molecule has 1 amide bonds. The molecule has 2 aliphatic heterocycles. The van der Waals surface area contributed by atoms with E-state index in [1.807, 2.05) is 24.3 Å². The molecule has 2 heterocycles. The van der Waals surface area contributed by atoms with Crippen LogP contribution < -0.4 is 5.73 Å². The Bertz CT molecular complexity index is 595. The maximum atomic E-state index is 13.1. The van der Waals surface area contributed by atoms with Crippen LogP contribution in [0.4, 0.5) is 0 Å². The van der Waals surface area contributed by atoms with Gasteiger partial charge >= 0.3 is 0 Å². The number of benzene rings is 1. The standard InChI is InChI=1S/C18H24N4O/c19-9-3-11-21-12-15-6-7-16(13-21)22(15)18(23)17-5-2-1-4-14(17)8-10-20/h1-2,4-5,15-16H,3,6-9,11-13,19H2. The first-order valence-electron chi connectivity index (χ1n) is 8.44. The molecule has 23 heavy (non-hydrogen) atoms. The van der Waals surface area contributed by atoms with E-state index in [-0.39, 0.29) is 12.3 Å². The SMILES string of the molecule is N#CCc1ccccc1C(=O)N1C2CCC1CN(CCCN)C2.